The van der Waals surface area contributed by atoms with Crippen molar-refractivity contribution in [3.63, 3.8) is 0 Å². The van der Waals surface area contributed by atoms with E-state index in [-0.39, 0.29) is 12.1 Å². The van der Waals surface area contributed by atoms with Crippen molar-refractivity contribution in [2.45, 2.75) is 45.1 Å². The Kier molecular flexibility index (Phi) is 5.10. The molecule has 1 heterocycles. The molecule has 1 fully saturated rings. The number of ether oxygens (including phenoxy) is 1. The molecule has 1 saturated carbocycles. The molecular formula is C17H26N4O2. The first-order chi connectivity index (χ1) is 11.1. The summed E-state index contributed by atoms with van der Waals surface area (Å²) in [6, 6.07) is -0.0415. The lowest BCUT2D eigenvalue weighted by Crippen LogP contribution is -2.41. The van der Waals surface area contributed by atoms with Gasteiger partial charge in [-0.1, -0.05) is 0 Å². The van der Waals surface area contributed by atoms with Crippen molar-refractivity contribution < 1.29 is 9.53 Å². The molecule has 0 aromatic carbocycles. The summed E-state index contributed by atoms with van der Waals surface area (Å²) >= 11 is 0. The predicted molar refractivity (Wildman–Crippen MR) is 87.2 cm³/mol. The number of amides is 2. The lowest BCUT2D eigenvalue weighted by molar-refractivity contribution is 0.107. The first kappa shape index (κ1) is 16.2. The zero-order valence-electron chi connectivity index (χ0n) is 14.0. The largest absolute Gasteiger partial charge is 0.379 e. The number of urea groups is 1. The summed E-state index contributed by atoms with van der Waals surface area (Å²) in [5.74, 6) is 1.55. The Balaban J connectivity index is 1.49. The Labute approximate surface area is 137 Å². The zero-order valence-corrected chi connectivity index (χ0v) is 14.0. The van der Waals surface area contributed by atoms with E-state index in [2.05, 4.69) is 15.3 Å². The fraction of sp³-hybridized carbons (Fsp3) is 0.706. The Morgan fingerprint density at radius 3 is 3.04 bits per heavy atom. The van der Waals surface area contributed by atoms with Crippen LogP contribution in [-0.2, 0) is 11.2 Å². The van der Waals surface area contributed by atoms with Crippen LogP contribution in [-0.4, -0.2) is 47.7 Å². The molecule has 1 unspecified atom stereocenters. The van der Waals surface area contributed by atoms with Crippen LogP contribution in [0.15, 0.2) is 6.20 Å². The summed E-state index contributed by atoms with van der Waals surface area (Å²) in [4.78, 5) is 22.8. The lowest BCUT2D eigenvalue weighted by Gasteiger charge is -2.27. The van der Waals surface area contributed by atoms with Crippen LogP contribution in [0.25, 0.3) is 0 Å². The topological polar surface area (TPSA) is 67.4 Å². The monoisotopic (exact) mass is 318 g/mol. The molecule has 2 aliphatic carbocycles. The normalized spacial score (nSPS) is 20.0. The Morgan fingerprint density at radius 2 is 2.26 bits per heavy atom. The quantitative estimate of drug-likeness (QED) is 0.817. The maximum atomic E-state index is 12.3. The first-order valence-corrected chi connectivity index (χ1v) is 8.55. The third-order valence-electron chi connectivity index (χ3n) is 4.57. The van der Waals surface area contributed by atoms with Crippen molar-refractivity contribution >= 4 is 6.03 Å². The van der Waals surface area contributed by atoms with Gasteiger partial charge in [0.2, 0.25) is 0 Å². The van der Waals surface area contributed by atoms with E-state index >= 15 is 0 Å². The average molecular weight is 318 g/mol. The van der Waals surface area contributed by atoms with Gasteiger partial charge in [-0.2, -0.15) is 0 Å². The minimum atomic E-state index is -0.0570. The first-order valence-electron chi connectivity index (χ1n) is 8.55. The van der Waals surface area contributed by atoms with Crippen LogP contribution in [0.2, 0.25) is 0 Å². The molecule has 2 amide bonds. The van der Waals surface area contributed by atoms with Gasteiger partial charge in [0, 0.05) is 37.7 Å². The van der Waals surface area contributed by atoms with E-state index in [1.54, 1.807) is 4.90 Å². The number of nitrogens with zero attached hydrogens (tertiary/aromatic N) is 3. The summed E-state index contributed by atoms with van der Waals surface area (Å²) in [5.41, 5.74) is 2.14. The molecule has 1 atom stereocenters. The molecule has 1 N–H and O–H groups in total. The Bertz CT molecular complexity index is 560. The molecule has 0 aliphatic heterocycles. The van der Waals surface area contributed by atoms with E-state index in [1.807, 2.05) is 20.2 Å². The number of aromatic nitrogens is 2. The highest BCUT2D eigenvalue weighted by molar-refractivity contribution is 5.74. The number of aryl methyl sites for hydroxylation is 2. The molecule has 1 aromatic rings. The van der Waals surface area contributed by atoms with Crippen LogP contribution in [0.1, 0.15) is 48.8 Å². The molecule has 6 heteroatoms. The van der Waals surface area contributed by atoms with Crippen molar-refractivity contribution in [3.05, 3.63) is 23.3 Å². The molecule has 0 saturated heterocycles. The smallest absolute Gasteiger partial charge is 0.317 e. The van der Waals surface area contributed by atoms with Gasteiger partial charge in [-0.3, -0.25) is 0 Å². The summed E-state index contributed by atoms with van der Waals surface area (Å²) < 4.78 is 5.60. The second-order valence-electron chi connectivity index (χ2n) is 6.65. The van der Waals surface area contributed by atoms with Gasteiger partial charge in [0.1, 0.15) is 5.82 Å². The van der Waals surface area contributed by atoms with Gasteiger partial charge < -0.3 is 15.0 Å². The summed E-state index contributed by atoms with van der Waals surface area (Å²) in [6.45, 7) is 3.95. The van der Waals surface area contributed by atoms with Gasteiger partial charge in [0.25, 0.3) is 0 Å². The van der Waals surface area contributed by atoms with Crippen LogP contribution < -0.4 is 5.32 Å². The van der Waals surface area contributed by atoms with Crippen molar-refractivity contribution in [1.29, 1.82) is 0 Å². The minimum absolute atomic E-state index is 0.0154. The van der Waals surface area contributed by atoms with Crippen molar-refractivity contribution in [2.24, 2.45) is 5.92 Å². The fourth-order valence-electron chi connectivity index (χ4n) is 2.89. The van der Waals surface area contributed by atoms with Crippen molar-refractivity contribution in [3.8, 4) is 0 Å². The molecule has 126 valence electrons. The van der Waals surface area contributed by atoms with E-state index in [0.717, 1.165) is 48.9 Å². The molecule has 0 radical (unpaired) electrons. The van der Waals surface area contributed by atoms with Crippen molar-refractivity contribution in [1.82, 2.24) is 20.2 Å². The third kappa shape index (κ3) is 4.41. The number of likely N-dealkylation sites (N-methyl/N-ethyl adjacent to an activating group) is 1. The third-order valence-corrected chi connectivity index (χ3v) is 4.57. The van der Waals surface area contributed by atoms with Gasteiger partial charge in [-0.15, -0.1) is 0 Å². The lowest BCUT2D eigenvalue weighted by atomic mass is 9.92. The maximum Gasteiger partial charge on any atom is 0.317 e. The molecule has 0 bridgehead atoms. The van der Waals surface area contributed by atoms with E-state index in [0.29, 0.717) is 13.2 Å². The number of hydrogen-bond acceptors (Lipinski definition) is 4. The molecule has 1 aromatic heterocycles. The summed E-state index contributed by atoms with van der Waals surface area (Å²) in [7, 11) is 1.81. The number of carbonyl (C=O) groups excluding carboxylic acids is 1. The molecule has 2 aliphatic rings. The van der Waals surface area contributed by atoms with Gasteiger partial charge in [0.15, 0.2) is 0 Å². The van der Waals surface area contributed by atoms with Crippen LogP contribution in [0.5, 0.6) is 0 Å². The van der Waals surface area contributed by atoms with E-state index in [9.17, 15) is 4.79 Å². The Morgan fingerprint density at radius 1 is 1.43 bits per heavy atom. The second kappa shape index (κ2) is 7.25. The van der Waals surface area contributed by atoms with Crippen LogP contribution >= 0.6 is 0 Å². The number of fused-ring (bicyclic) bond motifs is 1. The van der Waals surface area contributed by atoms with Gasteiger partial charge in [-0.25, -0.2) is 14.8 Å². The van der Waals surface area contributed by atoms with Gasteiger partial charge in [-0.05, 0) is 44.9 Å². The van der Waals surface area contributed by atoms with Gasteiger partial charge >= 0.3 is 6.03 Å². The molecular weight excluding hydrogens is 292 g/mol. The minimum Gasteiger partial charge on any atom is -0.379 e. The second-order valence-corrected chi connectivity index (χ2v) is 6.65. The highest BCUT2D eigenvalue weighted by atomic mass is 16.5. The van der Waals surface area contributed by atoms with Crippen molar-refractivity contribution in [2.75, 3.05) is 26.8 Å². The number of hydrogen-bond donors (Lipinski definition) is 1. The van der Waals surface area contributed by atoms with Crippen LogP contribution in [0, 0.1) is 12.8 Å². The van der Waals surface area contributed by atoms with E-state index in [1.165, 1.54) is 12.8 Å². The maximum absolute atomic E-state index is 12.3. The van der Waals surface area contributed by atoms with Gasteiger partial charge in [0.05, 0.1) is 12.6 Å². The fourth-order valence-corrected chi connectivity index (χ4v) is 2.89. The molecule has 0 spiro atoms. The van der Waals surface area contributed by atoms with E-state index < -0.39 is 0 Å². The summed E-state index contributed by atoms with van der Waals surface area (Å²) in [6.07, 6.45) is 7.40. The van der Waals surface area contributed by atoms with Crippen LogP contribution in [0.3, 0.4) is 0 Å². The predicted octanol–water partition coefficient (Wildman–Crippen LogP) is 2.23. The molecule has 6 nitrogen and oxygen atoms in total. The zero-order chi connectivity index (χ0) is 16.2. The number of rotatable bonds is 6. The number of carbonyl (C=O) groups is 1. The SMILES string of the molecule is Cc1ncc2c(n1)CCCC2NC(=O)N(C)CCOCC1CC1. The summed E-state index contributed by atoms with van der Waals surface area (Å²) in [5, 5.41) is 3.11. The highest BCUT2D eigenvalue weighted by Crippen LogP contribution is 2.29. The van der Waals surface area contributed by atoms with Crippen LogP contribution in [0.4, 0.5) is 4.79 Å². The molecule has 23 heavy (non-hydrogen) atoms. The molecule has 3 rings (SSSR count). The highest BCUT2D eigenvalue weighted by Gasteiger charge is 2.25. The Hall–Kier alpha value is -1.69. The number of nitrogens with one attached hydrogen (secondary N) is 1. The van der Waals surface area contributed by atoms with E-state index in [4.69, 9.17) is 4.74 Å². The average Bonchev–Trinajstić information content (AvgIpc) is 3.35. The standard InChI is InChI=1S/C17H26N4O2/c1-12-18-10-14-15(19-12)4-3-5-16(14)20-17(22)21(2)8-9-23-11-13-6-7-13/h10,13,16H,3-9,11H2,1-2H3,(H,20,22).